The van der Waals surface area contributed by atoms with Gasteiger partial charge in [-0.25, -0.2) is 4.98 Å². The number of para-hydroxylation sites is 1. The molecule has 1 N–H and O–H groups in total. The summed E-state index contributed by atoms with van der Waals surface area (Å²) in [5.41, 5.74) is 1.02. The fraction of sp³-hybridized carbons (Fsp3) is 0.227. The highest BCUT2D eigenvalue weighted by atomic mass is 32.2. The molecular formula is C22H23N3O4S. The van der Waals surface area contributed by atoms with Crippen LogP contribution in [0.25, 0.3) is 10.9 Å². The molecule has 1 heterocycles. The Bertz CT molecular complexity index is 1140. The smallest absolute Gasteiger partial charge is 0.262 e. The van der Waals surface area contributed by atoms with Gasteiger partial charge >= 0.3 is 0 Å². The summed E-state index contributed by atoms with van der Waals surface area (Å²) < 4.78 is 12.0. The highest BCUT2D eigenvalue weighted by Gasteiger charge is 2.20. The highest BCUT2D eigenvalue weighted by molar-refractivity contribution is 8.00. The Morgan fingerprint density at radius 1 is 1.23 bits per heavy atom. The standard InChI is InChI=1S/C22H23N3O4S/c1-5-12-25-21(27)16-8-6-7-9-17(16)24-22(25)30-14(2)20(26)23-15-10-11-18(28-3)19(13-15)29-4/h5-11,13-14H,1,12H2,2-4H3,(H,23,26). The maximum Gasteiger partial charge on any atom is 0.262 e. The lowest BCUT2D eigenvalue weighted by molar-refractivity contribution is -0.115. The molecule has 0 fully saturated rings. The monoisotopic (exact) mass is 425 g/mol. The summed E-state index contributed by atoms with van der Waals surface area (Å²) in [7, 11) is 3.08. The Morgan fingerprint density at radius 2 is 1.97 bits per heavy atom. The second-order valence-electron chi connectivity index (χ2n) is 6.44. The number of carbonyl (C=O) groups is 1. The minimum absolute atomic E-state index is 0.157. The first-order valence-electron chi connectivity index (χ1n) is 9.28. The van der Waals surface area contributed by atoms with Crippen LogP contribution in [0.4, 0.5) is 5.69 Å². The van der Waals surface area contributed by atoms with E-state index in [-0.39, 0.29) is 11.5 Å². The maximum atomic E-state index is 12.8. The maximum absolute atomic E-state index is 12.8. The van der Waals surface area contributed by atoms with Crippen molar-refractivity contribution < 1.29 is 14.3 Å². The first-order valence-corrected chi connectivity index (χ1v) is 10.2. The summed E-state index contributed by atoms with van der Waals surface area (Å²) in [6.45, 7) is 5.79. The van der Waals surface area contributed by atoms with Gasteiger partial charge in [-0.1, -0.05) is 30.0 Å². The number of nitrogens with one attached hydrogen (secondary N) is 1. The van der Waals surface area contributed by atoms with E-state index < -0.39 is 5.25 Å². The molecule has 30 heavy (non-hydrogen) atoms. The molecule has 0 aliphatic carbocycles. The van der Waals surface area contributed by atoms with Crippen LogP contribution in [0.2, 0.25) is 0 Å². The number of anilines is 1. The molecule has 0 radical (unpaired) electrons. The van der Waals surface area contributed by atoms with Crippen molar-refractivity contribution in [2.24, 2.45) is 0 Å². The van der Waals surface area contributed by atoms with Crippen molar-refractivity contribution >= 4 is 34.3 Å². The van der Waals surface area contributed by atoms with E-state index in [1.165, 1.54) is 23.4 Å². The lowest BCUT2D eigenvalue weighted by atomic mass is 10.2. The minimum atomic E-state index is -0.498. The van der Waals surface area contributed by atoms with Crippen molar-refractivity contribution in [1.29, 1.82) is 0 Å². The Labute approximate surface area is 178 Å². The van der Waals surface area contributed by atoms with E-state index in [1.807, 2.05) is 6.07 Å². The molecule has 1 aromatic heterocycles. The Morgan fingerprint density at radius 3 is 2.67 bits per heavy atom. The number of rotatable bonds is 8. The van der Waals surface area contributed by atoms with E-state index in [0.717, 1.165) is 0 Å². The van der Waals surface area contributed by atoms with E-state index in [4.69, 9.17) is 9.47 Å². The topological polar surface area (TPSA) is 82.5 Å². The Kier molecular flexibility index (Phi) is 6.79. The van der Waals surface area contributed by atoms with Crippen LogP contribution in [0.3, 0.4) is 0 Å². The van der Waals surface area contributed by atoms with E-state index in [0.29, 0.717) is 39.8 Å². The number of hydrogen-bond donors (Lipinski definition) is 1. The molecule has 0 saturated carbocycles. The van der Waals surface area contributed by atoms with E-state index >= 15 is 0 Å². The predicted molar refractivity (Wildman–Crippen MR) is 120 cm³/mol. The number of amides is 1. The number of fused-ring (bicyclic) bond motifs is 1. The van der Waals surface area contributed by atoms with E-state index in [9.17, 15) is 9.59 Å². The van der Waals surface area contributed by atoms with Crippen LogP contribution in [-0.2, 0) is 11.3 Å². The van der Waals surface area contributed by atoms with Crippen molar-refractivity contribution in [3.63, 3.8) is 0 Å². The van der Waals surface area contributed by atoms with Gasteiger partial charge in [-0.3, -0.25) is 14.2 Å². The molecule has 0 bridgehead atoms. The van der Waals surface area contributed by atoms with Crippen LogP contribution in [0.5, 0.6) is 11.5 Å². The number of carbonyl (C=O) groups excluding carboxylic acids is 1. The van der Waals surface area contributed by atoms with Gasteiger partial charge < -0.3 is 14.8 Å². The van der Waals surface area contributed by atoms with Crippen LogP contribution in [-0.4, -0.2) is 34.9 Å². The molecule has 1 unspecified atom stereocenters. The summed E-state index contributed by atoms with van der Waals surface area (Å²) in [5.74, 6) is 0.873. The minimum Gasteiger partial charge on any atom is -0.493 e. The molecular weight excluding hydrogens is 402 g/mol. The zero-order chi connectivity index (χ0) is 21.7. The SMILES string of the molecule is C=CCn1c(SC(C)C(=O)Nc2ccc(OC)c(OC)c2)nc2ccccc2c1=O. The van der Waals surface area contributed by atoms with Crippen molar-refractivity contribution in [2.45, 2.75) is 23.9 Å². The van der Waals surface area contributed by atoms with Gasteiger partial charge in [-0.15, -0.1) is 6.58 Å². The van der Waals surface area contributed by atoms with Gasteiger partial charge in [0.2, 0.25) is 5.91 Å². The normalized spacial score (nSPS) is 11.7. The first-order chi connectivity index (χ1) is 14.5. The van der Waals surface area contributed by atoms with Crippen LogP contribution in [0.15, 0.2) is 65.1 Å². The van der Waals surface area contributed by atoms with Gasteiger partial charge in [0, 0.05) is 18.3 Å². The molecule has 0 saturated heterocycles. The summed E-state index contributed by atoms with van der Waals surface area (Å²) >= 11 is 1.22. The number of benzene rings is 2. The predicted octanol–water partition coefficient (Wildman–Crippen LogP) is 3.72. The number of aromatic nitrogens is 2. The van der Waals surface area contributed by atoms with Gasteiger partial charge in [-0.2, -0.15) is 0 Å². The van der Waals surface area contributed by atoms with Crippen LogP contribution >= 0.6 is 11.8 Å². The average molecular weight is 426 g/mol. The molecule has 0 spiro atoms. The Hall–Kier alpha value is -3.26. The number of ether oxygens (including phenoxy) is 2. The first kappa shape index (κ1) is 21.4. The van der Waals surface area contributed by atoms with Crippen molar-refractivity contribution in [3.8, 4) is 11.5 Å². The second-order valence-corrected chi connectivity index (χ2v) is 7.74. The third-order valence-corrected chi connectivity index (χ3v) is 5.53. The van der Waals surface area contributed by atoms with Gasteiger partial charge in [-0.05, 0) is 31.2 Å². The lowest BCUT2D eigenvalue weighted by Crippen LogP contribution is -2.26. The third-order valence-electron chi connectivity index (χ3n) is 4.44. The number of hydrogen-bond acceptors (Lipinski definition) is 6. The van der Waals surface area contributed by atoms with Gasteiger partial charge in [0.15, 0.2) is 16.7 Å². The van der Waals surface area contributed by atoms with Crippen LogP contribution in [0, 0.1) is 0 Å². The summed E-state index contributed by atoms with van der Waals surface area (Å²) in [6, 6.07) is 12.3. The summed E-state index contributed by atoms with van der Waals surface area (Å²) in [5, 5.41) is 3.36. The molecule has 156 valence electrons. The van der Waals surface area contributed by atoms with Crippen molar-refractivity contribution in [1.82, 2.24) is 9.55 Å². The molecule has 1 amide bonds. The zero-order valence-corrected chi connectivity index (χ0v) is 17.9. The average Bonchev–Trinajstić information content (AvgIpc) is 2.76. The van der Waals surface area contributed by atoms with Gasteiger partial charge in [0.25, 0.3) is 5.56 Å². The number of allylic oxidation sites excluding steroid dienone is 1. The summed E-state index contributed by atoms with van der Waals surface area (Å²) in [4.78, 5) is 30.2. The van der Waals surface area contributed by atoms with Crippen molar-refractivity contribution in [3.05, 3.63) is 65.5 Å². The van der Waals surface area contributed by atoms with E-state index in [2.05, 4.69) is 16.9 Å². The molecule has 1 atom stereocenters. The number of thioether (sulfide) groups is 1. The van der Waals surface area contributed by atoms with Gasteiger partial charge in [0.05, 0.1) is 30.4 Å². The van der Waals surface area contributed by atoms with Crippen LogP contribution < -0.4 is 20.3 Å². The van der Waals surface area contributed by atoms with Gasteiger partial charge in [0.1, 0.15) is 0 Å². The van der Waals surface area contributed by atoms with Crippen LogP contribution in [0.1, 0.15) is 6.92 Å². The quantitative estimate of drug-likeness (QED) is 0.337. The molecule has 3 aromatic rings. The summed E-state index contributed by atoms with van der Waals surface area (Å²) in [6.07, 6.45) is 1.64. The Balaban J connectivity index is 1.84. The second kappa shape index (κ2) is 9.49. The largest absolute Gasteiger partial charge is 0.493 e. The highest BCUT2D eigenvalue weighted by Crippen LogP contribution is 2.30. The molecule has 0 aliphatic heterocycles. The molecule has 8 heteroatoms. The lowest BCUT2D eigenvalue weighted by Gasteiger charge is -2.16. The fourth-order valence-corrected chi connectivity index (χ4v) is 3.82. The fourth-order valence-electron chi connectivity index (χ4n) is 2.90. The van der Waals surface area contributed by atoms with Crippen molar-refractivity contribution in [2.75, 3.05) is 19.5 Å². The molecule has 0 aliphatic rings. The number of nitrogens with zero attached hydrogens (tertiary/aromatic N) is 2. The number of methoxy groups -OCH3 is 2. The third kappa shape index (κ3) is 4.49. The molecule has 3 rings (SSSR count). The molecule has 2 aromatic carbocycles. The van der Waals surface area contributed by atoms with E-state index in [1.54, 1.807) is 56.5 Å². The molecule has 7 nitrogen and oxygen atoms in total. The zero-order valence-electron chi connectivity index (χ0n) is 17.0.